The first-order valence-corrected chi connectivity index (χ1v) is 8.22. The first-order chi connectivity index (χ1) is 8.48. The summed E-state index contributed by atoms with van der Waals surface area (Å²) in [5.41, 5.74) is 0.599. The highest BCUT2D eigenvalue weighted by atomic mass is 14.9. The summed E-state index contributed by atoms with van der Waals surface area (Å²) in [7, 11) is 0. The number of nitrogens with one attached hydrogen (secondary N) is 1. The third-order valence-electron chi connectivity index (χ3n) is 4.96. The van der Waals surface area contributed by atoms with E-state index in [1.807, 2.05) is 0 Å². The standard InChI is InChI=1S/C17H35N/c1-6-12-18-16(13-14(3)7-2)15-8-10-17(4,5)11-9-15/h14-16,18H,6-13H2,1-5H3. The van der Waals surface area contributed by atoms with Crippen LogP contribution in [-0.2, 0) is 0 Å². The molecule has 0 amide bonds. The third-order valence-corrected chi connectivity index (χ3v) is 4.96. The number of hydrogen-bond acceptors (Lipinski definition) is 1. The summed E-state index contributed by atoms with van der Waals surface area (Å²) >= 11 is 0. The molecule has 1 N–H and O–H groups in total. The van der Waals surface area contributed by atoms with Crippen molar-refractivity contribution < 1.29 is 0 Å². The van der Waals surface area contributed by atoms with Crippen LogP contribution in [0.5, 0.6) is 0 Å². The van der Waals surface area contributed by atoms with Crippen molar-refractivity contribution in [3.05, 3.63) is 0 Å². The molecular weight excluding hydrogens is 218 g/mol. The highest BCUT2D eigenvalue weighted by molar-refractivity contribution is 4.86. The summed E-state index contributed by atoms with van der Waals surface area (Å²) in [6.45, 7) is 13.1. The predicted molar refractivity (Wildman–Crippen MR) is 81.9 cm³/mol. The van der Waals surface area contributed by atoms with E-state index in [0.717, 1.165) is 17.9 Å². The Labute approximate surface area is 115 Å². The van der Waals surface area contributed by atoms with E-state index >= 15 is 0 Å². The lowest BCUT2D eigenvalue weighted by Crippen LogP contribution is -2.40. The average Bonchev–Trinajstić information content (AvgIpc) is 2.34. The van der Waals surface area contributed by atoms with Gasteiger partial charge in [-0.25, -0.2) is 0 Å². The zero-order chi connectivity index (χ0) is 13.6. The van der Waals surface area contributed by atoms with Crippen LogP contribution in [0.2, 0.25) is 0 Å². The van der Waals surface area contributed by atoms with Crippen molar-refractivity contribution in [2.75, 3.05) is 6.54 Å². The molecule has 0 aliphatic heterocycles. The Balaban J connectivity index is 2.48. The summed E-state index contributed by atoms with van der Waals surface area (Å²) in [6, 6.07) is 0.774. The molecule has 0 spiro atoms. The van der Waals surface area contributed by atoms with Crippen LogP contribution in [0.1, 0.15) is 79.6 Å². The van der Waals surface area contributed by atoms with Gasteiger partial charge >= 0.3 is 0 Å². The zero-order valence-electron chi connectivity index (χ0n) is 13.4. The fraction of sp³-hybridized carbons (Fsp3) is 1.00. The lowest BCUT2D eigenvalue weighted by atomic mass is 9.70. The van der Waals surface area contributed by atoms with Gasteiger partial charge in [-0.2, -0.15) is 0 Å². The first kappa shape index (κ1) is 16.0. The Morgan fingerprint density at radius 3 is 2.28 bits per heavy atom. The van der Waals surface area contributed by atoms with Gasteiger partial charge in [0.15, 0.2) is 0 Å². The van der Waals surface area contributed by atoms with E-state index in [1.54, 1.807) is 0 Å². The average molecular weight is 253 g/mol. The highest BCUT2D eigenvalue weighted by Crippen LogP contribution is 2.40. The van der Waals surface area contributed by atoms with Gasteiger partial charge in [0.05, 0.1) is 0 Å². The summed E-state index contributed by atoms with van der Waals surface area (Å²) in [4.78, 5) is 0. The van der Waals surface area contributed by atoms with Crippen molar-refractivity contribution in [1.82, 2.24) is 5.32 Å². The molecule has 0 aromatic rings. The van der Waals surface area contributed by atoms with Crippen molar-refractivity contribution in [2.45, 2.75) is 85.6 Å². The minimum Gasteiger partial charge on any atom is -0.314 e. The second kappa shape index (κ2) is 7.53. The largest absolute Gasteiger partial charge is 0.314 e. The molecule has 1 nitrogen and oxygen atoms in total. The van der Waals surface area contributed by atoms with Gasteiger partial charge in [-0.15, -0.1) is 0 Å². The van der Waals surface area contributed by atoms with E-state index < -0.39 is 0 Å². The summed E-state index contributed by atoms with van der Waals surface area (Å²) in [5, 5.41) is 3.83. The molecule has 0 aromatic heterocycles. The van der Waals surface area contributed by atoms with Crippen molar-refractivity contribution in [2.24, 2.45) is 17.3 Å². The Morgan fingerprint density at radius 2 is 1.78 bits per heavy atom. The van der Waals surface area contributed by atoms with Gasteiger partial charge < -0.3 is 5.32 Å². The van der Waals surface area contributed by atoms with Crippen molar-refractivity contribution in [3.63, 3.8) is 0 Å². The predicted octanol–water partition coefficient (Wildman–Crippen LogP) is 5.01. The van der Waals surface area contributed by atoms with E-state index in [0.29, 0.717) is 5.41 Å². The molecule has 1 heteroatoms. The third kappa shape index (κ3) is 5.30. The van der Waals surface area contributed by atoms with Crippen LogP contribution in [0.25, 0.3) is 0 Å². The van der Waals surface area contributed by atoms with Crippen LogP contribution in [-0.4, -0.2) is 12.6 Å². The van der Waals surface area contributed by atoms with Gasteiger partial charge in [0.1, 0.15) is 0 Å². The van der Waals surface area contributed by atoms with Crippen LogP contribution in [0, 0.1) is 17.3 Å². The zero-order valence-corrected chi connectivity index (χ0v) is 13.4. The van der Waals surface area contributed by atoms with Crippen LogP contribution < -0.4 is 5.32 Å². The molecule has 1 aliphatic rings. The van der Waals surface area contributed by atoms with Gasteiger partial charge in [0.2, 0.25) is 0 Å². The minimum absolute atomic E-state index is 0.599. The molecule has 1 rings (SSSR count). The number of rotatable bonds is 7. The van der Waals surface area contributed by atoms with E-state index in [9.17, 15) is 0 Å². The summed E-state index contributed by atoms with van der Waals surface area (Å²) in [5.74, 6) is 1.80. The molecule has 1 aliphatic carbocycles. The molecule has 0 saturated heterocycles. The van der Waals surface area contributed by atoms with Gasteiger partial charge in [0, 0.05) is 6.04 Å². The van der Waals surface area contributed by atoms with Crippen LogP contribution in [0.15, 0.2) is 0 Å². The summed E-state index contributed by atoms with van der Waals surface area (Å²) < 4.78 is 0. The second-order valence-corrected chi connectivity index (χ2v) is 7.31. The maximum atomic E-state index is 3.83. The SMILES string of the molecule is CCCNC(CC(C)CC)C1CCC(C)(C)CC1. The molecule has 2 atom stereocenters. The smallest absolute Gasteiger partial charge is 0.00978 e. The molecule has 2 unspecified atom stereocenters. The second-order valence-electron chi connectivity index (χ2n) is 7.31. The molecule has 0 radical (unpaired) electrons. The number of hydrogen-bond donors (Lipinski definition) is 1. The molecular formula is C17H35N. The van der Waals surface area contributed by atoms with Gasteiger partial charge in [-0.3, -0.25) is 0 Å². The fourth-order valence-corrected chi connectivity index (χ4v) is 3.20. The maximum absolute atomic E-state index is 3.83. The Kier molecular flexibility index (Phi) is 6.70. The van der Waals surface area contributed by atoms with Crippen molar-refractivity contribution in [1.29, 1.82) is 0 Å². The Bertz CT molecular complexity index is 212. The monoisotopic (exact) mass is 253 g/mol. The normalized spacial score (nSPS) is 23.8. The molecule has 1 saturated carbocycles. The first-order valence-electron chi connectivity index (χ1n) is 8.22. The minimum atomic E-state index is 0.599. The molecule has 18 heavy (non-hydrogen) atoms. The van der Waals surface area contributed by atoms with E-state index in [1.165, 1.54) is 51.5 Å². The maximum Gasteiger partial charge on any atom is 0.00978 e. The van der Waals surface area contributed by atoms with Crippen molar-refractivity contribution in [3.8, 4) is 0 Å². The van der Waals surface area contributed by atoms with Crippen LogP contribution in [0.3, 0.4) is 0 Å². The topological polar surface area (TPSA) is 12.0 Å². The van der Waals surface area contributed by atoms with E-state index in [-0.39, 0.29) is 0 Å². The lowest BCUT2D eigenvalue weighted by Gasteiger charge is -2.39. The Morgan fingerprint density at radius 1 is 1.17 bits per heavy atom. The quantitative estimate of drug-likeness (QED) is 0.672. The van der Waals surface area contributed by atoms with Crippen LogP contribution >= 0.6 is 0 Å². The van der Waals surface area contributed by atoms with Crippen LogP contribution in [0.4, 0.5) is 0 Å². The van der Waals surface area contributed by atoms with Gasteiger partial charge in [-0.05, 0) is 62.3 Å². The van der Waals surface area contributed by atoms with Gasteiger partial charge in [0.25, 0.3) is 0 Å². The van der Waals surface area contributed by atoms with E-state index in [2.05, 4.69) is 39.9 Å². The Hall–Kier alpha value is -0.0400. The van der Waals surface area contributed by atoms with Crippen molar-refractivity contribution >= 4 is 0 Å². The van der Waals surface area contributed by atoms with E-state index in [4.69, 9.17) is 0 Å². The fourth-order valence-electron chi connectivity index (χ4n) is 3.20. The highest BCUT2D eigenvalue weighted by Gasteiger charge is 2.31. The molecule has 108 valence electrons. The molecule has 0 heterocycles. The molecule has 1 fully saturated rings. The summed E-state index contributed by atoms with van der Waals surface area (Å²) in [6.07, 6.45) is 9.67. The molecule has 0 bridgehead atoms. The lowest BCUT2D eigenvalue weighted by molar-refractivity contribution is 0.150. The molecule has 0 aromatic carbocycles. The van der Waals surface area contributed by atoms with Gasteiger partial charge in [-0.1, -0.05) is 41.0 Å².